The second-order valence-corrected chi connectivity index (χ2v) is 11.4. The van der Waals surface area contributed by atoms with Crippen LogP contribution in [0.3, 0.4) is 0 Å². The molecule has 184 valence electrons. The van der Waals surface area contributed by atoms with Gasteiger partial charge in [-0.15, -0.1) is 0 Å². The van der Waals surface area contributed by atoms with Gasteiger partial charge >= 0.3 is 0 Å². The molecule has 2 aliphatic heterocycles. The molecule has 2 aliphatic rings. The Morgan fingerprint density at radius 2 is 1.91 bits per heavy atom. The molecule has 1 amide bonds. The molecule has 2 aromatic carbocycles. The highest BCUT2D eigenvalue weighted by atomic mass is 35.5. The van der Waals surface area contributed by atoms with E-state index < -0.39 is 41.3 Å². The van der Waals surface area contributed by atoms with Crippen LogP contribution in [-0.2, 0) is 10.3 Å². The number of likely N-dealkylation sites (tertiary alicyclic amines) is 1. The zero-order valence-corrected chi connectivity index (χ0v) is 20.8. The maximum atomic E-state index is 15.4. The molecular weight excluding hydrogens is 483 g/mol. The van der Waals surface area contributed by atoms with E-state index >= 15 is 8.78 Å². The van der Waals surface area contributed by atoms with Crippen LogP contribution in [0.4, 0.5) is 8.78 Å². The molecule has 34 heavy (non-hydrogen) atoms. The molecule has 0 unspecified atom stereocenters. The van der Waals surface area contributed by atoms with E-state index in [2.05, 4.69) is 5.32 Å². The van der Waals surface area contributed by atoms with Gasteiger partial charge in [-0.05, 0) is 35.6 Å². The molecule has 2 saturated heterocycles. The maximum absolute atomic E-state index is 15.4. The number of nitrogens with zero attached hydrogens (tertiary/aromatic N) is 1. The standard InChI is InChI=1S/C25H29Cl2F2N3O2/c1-24(2,3)10-19-25(30,16-8-7-13(26)9-18(16)28)20(15-5-4-6-17(27)21(15)29)22(31-19)23(34)32-11-14(33)12-32/h4-9,14,19-20,22,31,33H,10-12,30H2,1-3H3/t19-,20-,22+,25+/m0/s1. The normalized spacial score (nSPS) is 27.7. The van der Waals surface area contributed by atoms with Crippen LogP contribution in [0.5, 0.6) is 0 Å². The van der Waals surface area contributed by atoms with Crippen molar-refractivity contribution in [3.05, 3.63) is 69.2 Å². The van der Waals surface area contributed by atoms with Gasteiger partial charge < -0.3 is 21.1 Å². The minimum Gasteiger partial charge on any atom is -0.389 e. The van der Waals surface area contributed by atoms with E-state index in [0.29, 0.717) is 6.42 Å². The molecule has 0 aromatic heterocycles. The minimum absolute atomic E-state index is 0.110. The third kappa shape index (κ3) is 4.44. The molecule has 2 heterocycles. The third-order valence-electron chi connectivity index (χ3n) is 6.78. The third-order valence-corrected chi connectivity index (χ3v) is 7.30. The number of aliphatic hydroxyl groups is 1. The van der Waals surface area contributed by atoms with E-state index in [-0.39, 0.29) is 45.6 Å². The first kappa shape index (κ1) is 25.3. The molecule has 4 N–H and O–H groups in total. The van der Waals surface area contributed by atoms with Crippen LogP contribution in [0.15, 0.2) is 36.4 Å². The van der Waals surface area contributed by atoms with Crippen LogP contribution in [0.25, 0.3) is 0 Å². The lowest BCUT2D eigenvalue weighted by molar-refractivity contribution is -0.143. The summed E-state index contributed by atoms with van der Waals surface area (Å²) in [5.74, 6) is -2.62. The largest absolute Gasteiger partial charge is 0.389 e. The Bertz CT molecular complexity index is 1100. The number of nitrogens with two attached hydrogens (primary N) is 1. The van der Waals surface area contributed by atoms with E-state index in [4.69, 9.17) is 28.9 Å². The van der Waals surface area contributed by atoms with Crippen LogP contribution in [-0.4, -0.2) is 47.2 Å². The topological polar surface area (TPSA) is 78.6 Å². The summed E-state index contributed by atoms with van der Waals surface area (Å²) in [6, 6.07) is 7.23. The fraction of sp³-hybridized carbons (Fsp3) is 0.480. The smallest absolute Gasteiger partial charge is 0.240 e. The highest BCUT2D eigenvalue weighted by Gasteiger charge is 2.59. The quantitative estimate of drug-likeness (QED) is 0.574. The molecule has 9 heteroatoms. The van der Waals surface area contributed by atoms with E-state index in [1.54, 1.807) is 6.07 Å². The summed E-state index contributed by atoms with van der Waals surface area (Å²) in [5.41, 5.74) is 5.65. The monoisotopic (exact) mass is 511 g/mol. The molecule has 0 aliphatic carbocycles. The van der Waals surface area contributed by atoms with Gasteiger partial charge in [0.1, 0.15) is 11.6 Å². The minimum atomic E-state index is -1.50. The van der Waals surface area contributed by atoms with Crippen molar-refractivity contribution in [3.63, 3.8) is 0 Å². The molecule has 0 spiro atoms. The van der Waals surface area contributed by atoms with Crippen molar-refractivity contribution in [1.29, 1.82) is 0 Å². The average Bonchev–Trinajstić information content (AvgIpc) is 2.98. The van der Waals surface area contributed by atoms with E-state index in [0.717, 1.165) is 0 Å². The number of aliphatic hydroxyl groups excluding tert-OH is 1. The van der Waals surface area contributed by atoms with E-state index in [9.17, 15) is 9.90 Å². The highest BCUT2D eigenvalue weighted by Crippen LogP contribution is 2.50. The number of carbonyl (C=O) groups excluding carboxylic acids is 1. The van der Waals surface area contributed by atoms with Gasteiger partial charge in [-0.2, -0.15) is 0 Å². The van der Waals surface area contributed by atoms with Crippen molar-refractivity contribution in [3.8, 4) is 0 Å². The van der Waals surface area contributed by atoms with Crippen LogP contribution in [0, 0.1) is 17.0 Å². The first-order valence-corrected chi connectivity index (χ1v) is 12.0. The zero-order chi connectivity index (χ0) is 25.0. The number of halogens is 4. The first-order valence-electron chi connectivity index (χ1n) is 11.2. The fourth-order valence-corrected chi connectivity index (χ4v) is 5.56. The number of nitrogens with one attached hydrogen (secondary N) is 1. The number of rotatable bonds is 4. The number of carbonyl (C=O) groups is 1. The van der Waals surface area contributed by atoms with E-state index in [1.807, 2.05) is 20.8 Å². The molecule has 2 aromatic rings. The number of β-amino-alcohol motifs (C(OH)–C–C–N with tert-alkyl or cyclic N) is 1. The summed E-state index contributed by atoms with van der Waals surface area (Å²) in [6.45, 7) is 6.41. The van der Waals surface area contributed by atoms with Crippen LogP contribution >= 0.6 is 23.2 Å². The zero-order valence-electron chi connectivity index (χ0n) is 19.3. The van der Waals surface area contributed by atoms with Crippen molar-refractivity contribution in [1.82, 2.24) is 10.2 Å². The summed E-state index contributed by atoms with van der Waals surface area (Å²) in [4.78, 5) is 15.0. The Morgan fingerprint density at radius 3 is 2.50 bits per heavy atom. The molecule has 5 nitrogen and oxygen atoms in total. The Balaban J connectivity index is 1.93. The first-order chi connectivity index (χ1) is 15.8. The van der Waals surface area contributed by atoms with Gasteiger partial charge in [-0.3, -0.25) is 4.79 Å². The van der Waals surface area contributed by atoms with Gasteiger partial charge in [0.2, 0.25) is 5.91 Å². The Morgan fingerprint density at radius 1 is 1.24 bits per heavy atom. The van der Waals surface area contributed by atoms with Crippen molar-refractivity contribution < 1.29 is 18.7 Å². The van der Waals surface area contributed by atoms with Gasteiger partial charge in [0.25, 0.3) is 0 Å². The van der Waals surface area contributed by atoms with Gasteiger partial charge in [0.05, 0.1) is 22.7 Å². The van der Waals surface area contributed by atoms with Crippen molar-refractivity contribution in [2.45, 2.75) is 56.8 Å². The van der Waals surface area contributed by atoms with Crippen molar-refractivity contribution in [2.75, 3.05) is 13.1 Å². The lowest BCUT2D eigenvalue weighted by Crippen LogP contribution is -2.59. The van der Waals surface area contributed by atoms with Gasteiger partial charge in [0.15, 0.2) is 0 Å². The van der Waals surface area contributed by atoms with Crippen LogP contribution < -0.4 is 11.1 Å². The fourth-order valence-electron chi connectivity index (χ4n) is 5.22. The second kappa shape index (κ2) is 9.03. The summed E-state index contributed by atoms with van der Waals surface area (Å²) in [7, 11) is 0. The molecule has 2 fully saturated rings. The molecule has 4 rings (SSSR count). The van der Waals surface area contributed by atoms with Gasteiger partial charge in [-0.1, -0.05) is 62.2 Å². The average molecular weight is 512 g/mol. The Labute approximate surface area is 208 Å². The summed E-state index contributed by atoms with van der Waals surface area (Å²) in [6.07, 6.45) is -0.121. The SMILES string of the molecule is CC(C)(C)C[C@@H]1N[C@@H](C(=O)N2CC(O)C2)[C@H](c2cccc(Cl)c2F)[C@@]1(N)c1ccc(Cl)cc1F. The Kier molecular flexibility index (Phi) is 6.72. The molecule has 4 atom stereocenters. The molecule has 0 bridgehead atoms. The molecule has 0 radical (unpaired) electrons. The number of amides is 1. The Hall–Kier alpha value is -1.77. The predicted molar refractivity (Wildman–Crippen MR) is 129 cm³/mol. The number of benzene rings is 2. The lowest BCUT2D eigenvalue weighted by atomic mass is 9.68. The molecule has 0 saturated carbocycles. The maximum Gasteiger partial charge on any atom is 0.240 e. The predicted octanol–water partition coefficient (Wildman–Crippen LogP) is 4.19. The van der Waals surface area contributed by atoms with Gasteiger partial charge in [0, 0.05) is 35.6 Å². The van der Waals surface area contributed by atoms with Crippen LogP contribution in [0.1, 0.15) is 44.2 Å². The van der Waals surface area contributed by atoms with Crippen molar-refractivity contribution >= 4 is 29.1 Å². The summed E-state index contributed by atoms with van der Waals surface area (Å²) < 4.78 is 30.8. The molecular formula is C25H29Cl2F2N3O2. The van der Waals surface area contributed by atoms with E-state index in [1.165, 1.54) is 35.2 Å². The number of hydrogen-bond acceptors (Lipinski definition) is 4. The van der Waals surface area contributed by atoms with Crippen LogP contribution in [0.2, 0.25) is 10.0 Å². The highest BCUT2D eigenvalue weighted by molar-refractivity contribution is 6.31. The summed E-state index contributed by atoms with van der Waals surface area (Å²) >= 11 is 12.1. The summed E-state index contributed by atoms with van der Waals surface area (Å²) in [5, 5.41) is 13.2. The van der Waals surface area contributed by atoms with Gasteiger partial charge in [-0.25, -0.2) is 8.78 Å². The second-order valence-electron chi connectivity index (χ2n) is 10.5. The van der Waals surface area contributed by atoms with Crippen molar-refractivity contribution in [2.24, 2.45) is 11.1 Å². The number of hydrogen-bond donors (Lipinski definition) is 3. The lowest BCUT2D eigenvalue weighted by Gasteiger charge is -2.41.